The Kier molecular flexibility index (Phi) is 6.89. The molecule has 2 aromatic carbocycles. The highest BCUT2D eigenvalue weighted by Crippen LogP contribution is 2.24. The molecule has 0 radical (unpaired) electrons. The Labute approximate surface area is 171 Å². The van der Waals surface area contributed by atoms with E-state index in [9.17, 15) is 9.59 Å². The van der Waals surface area contributed by atoms with Crippen LogP contribution < -0.4 is 10.1 Å². The van der Waals surface area contributed by atoms with Crippen LogP contribution in [0.15, 0.2) is 48.5 Å². The van der Waals surface area contributed by atoms with Gasteiger partial charge in [0.05, 0.1) is 29.6 Å². The van der Waals surface area contributed by atoms with E-state index in [0.717, 1.165) is 15.2 Å². The molecule has 0 atom stereocenters. The Morgan fingerprint density at radius 3 is 2.82 bits per heavy atom. The van der Waals surface area contributed by atoms with Crippen molar-refractivity contribution in [3.05, 3.63) is 53.5 Å². The fraction of sp³-hybridized carbons (Fsp3) is 0.250. The van der Waals surface area contributed by atoms with Crippen molar-refractivity contribution in [2.75, 3.05) is 31.8 Å². The summed E-state index contributed by atoms with van der Waals surface area (Å²) in [4.78, 5) is 30.4. The number of fused-ring (bicyclic) bond motifs is 1. The Morgan fingerprint density at radius 2 is 2.04 bits per heavy atom. The molecule has 1 N–H and O–H groups in total. The van der Waals surface area contributed by atoms with Crippen molar-refractivity contribution in [1.82, 2.24) is 9.88 Å². The van der Waals surface area contributed by atoms with Crippen LogP contribution in [0, 0.1) is 0 Å². The lowest BCUT2D eigenvalue weighted by molar-refractivity contribution is -0.131. The van der Waals surface area contributed by atoms with Crippen molar-refractivity contribution in [1.29, 1.82) is 0 Å². The third kappa shape index (κ3) is 5.46. The van der Waals surface area contributed by atoms with Crippen LogP contribution >= 0.6 is 23.1 Å². The number of anilines is 1. The van der Waals surface area contributed by atoms with Gasteiger partial charge in [-0.2, -0.15) is 0 Å². The zero-order valence-corrected chi connectivity index (χ0v) is 17.3. The van der Waals surface area contributed by atoms with E-state index >= 15 is 0 Å². The lowest BCUT2D eigenvalue weighted by Crippen LogP contribution is -2.35. The topological polar surface area (TPSA) is 71.5 Å². The summed E-state index contributed by atoms with van der Waals surface area (Å²) in [5.74, 6) is 1.30. The second-order valence-electron chi connectivity index (χ2n) is 6.10. The summed E-state index contributed by atoms with van der Waals surface area (Å²) in [6.07, 6.45) is 0. The number of benzene rings is 2. The standard InChI is InChI=1S/C20H21N3O3S2/c1-23(11-18(24)21-14-6-5-7-15(10-14)26-2)20(25)13-27-12-19-22-16-8-3-4-9-17(16)28-19/h3-10H,11-13H2,1-2H3,(H,21,24). The minimum Gasteiger partial charge on any atom is -0.497 e. The quantitative estimate of drug-likeness (QED) is 0.608. The Morgan fingerprint density at radius 1 is 1.21 bits per heavy atom. The summed E-state index contributed by atoms with van der Waals surface area (Å²) >= 11 is 3.14. The molecule has 3 aromatic rings. The monoisotopic (exact) mass is 415 g/mol. The maximum atomic E-state index is 12.3. The number of hydrogen-bond acceptors (Lipinski definition) is 6. The molecule has 0 aliphatic heterocycles. The van der Waals surface area contributed by atoms with Gasteiger partial charge in [-0.1, -0.05) is 18.2 Å². The Hall–Kier alpha value is -2.58. The second kappa shape index (κ2) is 9.57. The molecular weight excluding hydrogens is 394 g/mol. The molecule has 0 bridgehead atoms. The average molecular weight is 416 g/mol. The highest BCUT2D eigenvalue weighted by atomic mass is 32.2. The summed E-state index contributed by atoms with van der Waals surface area (Å²) in [5, 5.41) is 3.77. The fourth-order valence-electron chi connectivity index (χ4n) is 2.52. The molecule has 0 fully saturated rings. The first-order valence-corrected chi connectivity index (χ1v) is 10.6. The maximum absolute atomic E-state index is 12.3. The number of para-hydroxylation sites is 1. The fourth-order valence-corrected chi connectivity index (χ4v) is 4.51. The van der Waals surface area contributed by atoms with Gasteiger partial charge < -0.3 is 15.0 Å². The van der Waals surface area contributed by atoms with E-state index in [0.29, 0.717) is 22.9 Å². The average Bonchev–Trinajstić information content (AvgIpc) is 3.10. The van der Waals surface area contributed by atoms with Gasteiger partial charge in [0.15, 0.2) is 0 Å². The van der Waals surface area contributed by atoms with Crippen LogP contribution in [0.5, 0.6) is 5.75 Å². The van der Waals surface area contributed by atoms with Gasteiger partial charge in [-0.15, -0.1) is 23.1 Å². The van der Waals surface area contributed by atoms with Crippen molar-refractivity contribution in [2.45, 2.75) is 5.75 Å². The van der Waals surface area contributed by atoms with E-state index in [1.807, 2.05) is 24.3 Å². The molecule has 0 aliphatic carbocycles. The van der Waals surface area contributed by atoms with E-state index in [1.54, 1.807) is 49.8 Å². The van der Waals surface area contributed by atoms with Crippen molar-refractivity contribution >= 4 is 50.8 Å². The molecule has 8 heteroatoms. The van der Waals surface area contributed by atoms with Crippen LogP contribution in [0.25, 0.3) is 10.2 Å². The molecule has 2 amide bonds. The molecular formula is C20H21N3O3S2. The molecule has 0 saturated heterocycles. The largest absolute Gasteiger partial charge is 0.497 e. The van der Waals surface area contributed by atoms with Gasteiger partial charge >= 0.3 is 0 Å². The highest BCUT2D eigenvalue weighted by molar-refractivity contribution is 7.99. The lowest BCUT2D eigenvalue weighted by Gasteiger charge is -2.16. The zero-order chi connectivity index (χ0) is 19.9. The number of hydrogen-bond donors (Lipinski definition) is 1. The van der Waals surface area contributed by atoms with Crippen LogP contribution in [0.3, 0.4) is 0 Å². The predicted molar refractivity (Wildman–Crippen MR) is 115 cm³/mol. The van der Waals surface area contributed by atoms with Crippen molar-refractivity contribution in [3.8, 4) is 5.75 Å². The SMILES string of the molecule is COc1cccc(NC(=O)CN(C)C(=O)CSCc2nc3ccccc3s2)c1. The van der Waals surface area contributed by atoms with Gasteiger partial charge in [0.2, 0.25) is 11.8 Å². The number of nitrogens with one attached hydrogen (secondary N) is 1. The van der Waals surface area contributed by atoms with E-state index in [1.165, 1.54) is 16.7 Å². The Balaban J connectivity index is 1.43. The molecule has 0 unspecified atom stereocenters. The van der Waals surface area contributed by atoms with E-state index in [-0.39, 0.29) is 18.4 Å². The number of methoxy groups -OCH3 is 1. The number of thiazole rings is 1. The maximum Gasteiger partial charge on any atom is 0.243 e. The normalized spacial score (nSPS) is 10.6. The molecule has 28 heavy (non-hydrogen) atoms. The predicted octanol–water partition coefficient (Wildman–Crippen LogP) is 3.64. The smallest absolute Gasteiger partial charge is 0.243 e. The van der Waals surface area contributed by atoms with Gasteiger partial charge in [0.1, 0.15) is 10.8 Å². The van der Waals surface area contributed by atoms with Gasteiger partial charge in [0, 0.05) is 24.6 Å². The van der Waals surface area contributed by atoms with Crippen LogP contribution in [0.2, 0.25) is 0 Å². The molecule has 1 aromatic heterocycles. The summed E-state index contributed by atoms with van der Waals surface area (Å²) in [6, 6.07) is 15.1. The van der Waals surface area contributed by atoms with Gasteiger partial charge in [-0.3, -0.25) is 9.59 Å². The summed E-state index contributed by atoms with van der Waals surface area (Å²) in [6.45, 7) is -0.00224. The highest BCUT2D eigenvalue weighted by Gasteiger charge is 2.14. The van der Waals surface area contributed by atoms with Crippen molar-refractivity contribution in [2.24, 2.45) is 0 Å². The first-order chi connectivity index (χ1) is 13.5. The number of aromatic nitrogens is 1. The number of likely N-dealkylation sites (N-methyl/N-ethyl adjacent to an activating group) is 1. The summed E-state index contributed by atoms with van der Waals surface area (Å²) < 4.78 is 6.28. The van der Waals surface area contributed by atoms with Crippen LogP contribution in [-0.4, -0.2) is 48.2 Å². The van der Waals surface area contributed by atoms with E-state index in [2.05, 4.69) is 10.3 Å². The minimum absolute atomic E-state index is 0.00224. The van der Waals surface area contributed by atoms with Gasteiger partial charge in [-0.25, -0.2) is 4.98 Å². The number of carbonyl (C=O) groups excluding carboxylic acids is 2. The number of ether oxygens (including phenoxy) is 1. The summed E-state index contributed by atoms with van der Waals surface area (Å²) in [5.41, 5.74) is 1.62. The molecule has 3 rings (SSSR count). The lowest BCUT2D eigenvalue weighted by atomic mass is 10.3. The summed E-state index contributed by atoms with van der Waals surface area (Å²) in [7, 11) is 3.20. The van der Waals surface area contributed by atoms with E-state index in [4.69, 9.17) is 4.74 Å². The molecule has 6 nitrogen and oxygen atoms in total. The van der Waals surface area contributed by atoms with Gasteiger partial charge in [0.25, 0.3) is 0 Å². The number of amides is 2. The number of nitrogens with zero attached hydrogens (tertiary/aromatic N) is 2. The number of thioether (sulfide) groups is 1. The molecule has 146 valence electrons. The van der Waals surface area contributed by atoms with Crippen molar-refractivity contribution < 1.29 is 14.3 Å². The van der Waals surface area contributed by atoms with Crippen LogP contribution in [0.4, 0.5) is 5.69 Å². The molecule has 0 aliphatic rings. The molecule has 0 saturated carbocycles. The van der Waals surface area contributed by atoms with Gasteiger partial charge in [-0.05, 0) is 24.3 Å². The molecule has 1 heterocycles. The zero-order valence-electron chi connectivity index (χ0n) is 15.7. The van der Waals surface area contributed by atoms with Crippen LogP contribution in [-0.2, 0) is 15.3 Å². The van der Waals surface area contributed by atoms with Crippen molar-refractivity contribution in [3.63, 3.8) is 0 Å². The first kappa shape index (κ1) is 20.2. The molecule has 0 spiro atoms. The Bertz CT molecular complexity index is 941. The first-order valence-electron chi connectivity index (χ1n) is 8.65. The second-order valence-corrected chi connectivity index (χ2v) is 8.20. The third-order valence-electron chi connectivity index (χ3n) is 3.95. The third-order valence-corrected chi connectivity index (χ3v) is 6.10. The van der Waals surface area contributed by atoms with Crippen LogP contribution in [0.1, 0.15) is 5.01 Å². The number of rotatable bonds is 8. The minimum atomic E-state index is -0.250. The van der Waals surface area contributed by atoms with E-state index < -0.39 is 0 Å². The number of carbonyl (C=O) groups is 2.